The SMILES string of the molecule is CNCC(NC)C(=O)c1cc(C(C)(C)C)cc(C(C)(C)C)c1OC. The van der Waals surface area contributed by atoms with E-state index < -0.39 is 0 Å². The Hall–Kier alpha value is -1.39. The number of ketones is 1. The Morgan fingerprint density at radius 1 is 1.08 bits per heavy atom. The van der Waals surface area contributed by atoms with Crippen LogP contribution in [-0.4, -0.2) is 39.6 Å². The zero-order valence-electron chi connectivity index (χ0n) is 16.8. The van der Waals surface area contributed by atoms with Gasteiger partial charge in [-0.15, -0.1) is 0 Å². The summed E-state index contributed by atoms with van der Waals surface area (Å²) in [6.07, 6.45) is 0. The predicted molar refractivity (Wildman–Crippen MR) is 101 cm³/mol. The van der Waals surface area contributed by atoms with Crippen molar-refractivity contribution in [3.05, 3.63) is 28.8 Å². The molecule has 0 aliphatic rings. The highest BCUT2D eigenvalue weighted by Gasteiger charge is 2.30. The first-order valence-corrected chi connectivity index (χ1v) is 8.56. The Labute approximate surface area is 147 Å². The number of hydrogen-bond acceptors (Lipinski definition) is 4. The molecule has 0 aromatic heterocycles. The molecule has 2 N–H and O–H groups in total. The Morgan fingerprint density at radius 2 is 1.67 bits per heavy atom. The molecule has 4 heteroatoms. The maximum Gasteiger partial charge on any atom is 0.184 e. The fraction of sp³-hybridized carbons (Fsp3) is 0.650. The van der Waals surface area contributed by atoms with Crippen LogP contribution in [0, 0.1) is 0 Å². The van der Waals surface area contributed by atoms with E-state index in [1.54, 1.807) is 7.11 Å². The van der Waals surface area contributed by atoms with Gasteiger partial charge in [0.1, 0.15) is 5.75 Å². The average molecular weight is 335 g/mol. The third-order valence-electron chi connectivity index (χ3n) is 4.31. The van der Waals surface area contributed by atoms with Crippen molar-refractivity contribution in [2.75, 3.05) is 27.7 Å². The Balaban J connectivity index is 3.65. The van der Waals surface area contributed by atoms with Gasteiger partial charge in [-0.3, -0.25) is 4.79 Å². The van der Waals surface area contributed by atoms with Crippen LogP contribution in [0.3, 0.4) is 0 Å². The number of hydrogen-bond donors (Lipinski definition) is 2. The number of ether oxygens (including phenoxy) is 1. The van der Waals surface area contributed by atoms with Gasteiger partial charge in [-0.25, -0.2) is 0 Å². The number of carbonyl (C=O) groups is 1. The average Bonchev–Trinajstić information content (AvgIpc) is 2.48. The van der Waals surface area contributed by atoms with E-state index >= 15 is 0 Å². The van der Waals surface area contributed by atoms with Gasteiger partial charge in [0.25, 0.3) is 0 Å². The lowest BCUT2D eigenvalue weighted by atomic mass is 9.78. The van der Waals surface area contributed by atoms with Crippen molar-refractivity contribution >= 4 is 5.78 Å². The first kappa shape index (κ1) is 20.7. The van der Waals surface area contributed by atoms with E-state index in [0.29, 0.717) is 17.9 Å². The monoisotopic (exact) mass is 334 g/mol. The first-order chi connectivity index (χ1) is 11.0. The summed E-state index contributed by atoms with van der Waals surface area (Å²) in [4.78, 5) is 13.1. The van der Waals surface area contributed by atoms with E-state index in [-0.39, 0.29) is 22.7 Å². The predicted octanol–water partition coefficient (Wildman–Crippen LogP) is 3.28. The number of likely N-dealkylation sites (N-methyl/N-ethyl adjacent to an activating group) is 2. The molecule has 0 bridgehead atoms. The number of nitrogens with one attached hydrogen (secondary N) is 2. The maximum atomic E-state index is 13.1. The van der Waals surface area contributed by atoms with Gasteiger partial charge >= 0.3 is 0 Å². The lowest BCUT2D eigenvalue weighted by Gasteiger charge is -2.29. The molecule has 1 rings (SSSR count). The Kier molecular flexibility index (Phi) is 6.59. The highest BCUT2D eigenvalue weighted by Crippen LogP contribution is 2.38. The van der Waals surface area contributed by atoms with Crippen molar-refractivity contribution in [2.24, 2.45) is 0 Å². The summed E-state index contributed by atoms with van der Waals surface area (Å²) in [6, 6.07) is 3.89. The molecule has 1 aromatic carbocycles. The normalized spacial score (nSPS) is 13.7. The van der Waals surface area contributed by atoms with Gasteiger partial charge in [0.05, 0.1) is 18.7 Å². The van der Waals surface area contributed by atoms with Crippen LogP contribution in [0.4, 0.5) is 0 Å². The van der Waals surface area contributed by atoms with Gasteiger partial charge in [-0.2, -0.15) is 0 Å². The summed E-state index contributed by atoms with van der Waals surface area (Å²) in [5.74, 6) is 0.747. The number of methoxy groups -OCH3 is 1. The van der Waals surface area contributed by atoms with Crippen LogP contribution in [0.25, 0.3) is 0 Å². The first-order valence-electron chi connectivity index (χ1n) is 8.56. The van der Waals surface area contributed by atoms with Crippen molar-refractivity contribution in [3.63, 3.8) is 0 Å². The summed E-state index contributed by atoms with van der Waals surface area (Å²) in [6.45, 7) is 13.5. The molecule has 4 nitrogen and oxygen atoms in total. The van der Waals surface area contributed by atoms with E-state index in [1.165, 1.54) is 0 Å². The molecule has 0 amide bonds. The van der Waals surface area contributed by atoms with Crippen molar-refractivity contribution in [2.45, 2.75) is 58.4 Å². The summed E-state index contributed by atoms with van der Waals surface area (Å²) < 4.78 is 5.70. The minimum atomic E-state index is -0.285. The third kappa shape index (κ3) is 4.58. The zero-order valence-corrected chi connectivity index (χ0v) is 16.8. The van der Waals surface area contributed by atoms with Gasteiger partial charge in [0.2, 0.25) is 0 Å². The molecular weight excluding hydrogens is 300 g/mol. The number of rotatable bonds is 6. The molecule has 0 aliphatic heterocycles. The van der Waals surface area contributed by atoms with E-state index in [0.717, 1.165) is 11.1 Å². The topological polar surface area (TPSA) is 50.4 Å². The van der Waals surface area contributed by atoms with Gasteiger partial charge in [-0.1, -0.05) is 47.6 Å². The van der Waals surface area contributed by atoms with Gasteiger partial charge in [0.15, 0.2) is 5.78 Å². The van der Waals surface area contributed by atoms with Crippen molar-refractivity contribution in [1.29, 1.82) is 0 Å². The minimum absolute atomic E-state index is 0.0422. The van der Waals surface area contributed by atoms with Crippen LogP contribution in [0.2, 0.25) is 0 Å². The number of Topliss-reactive ketones (excluding diaryl/α,β-unsaturated/α-hetero) is 1. The van der Waals surface area contributed by atoms with Gasteiger partial charge < -0.3 is 15.4 Å². The highest BCUT2D eigenvalue weighted by atomic mass is 16.5. The fourth-order valence-corrected chi connectivity index (χ4v) is 2.74. The molecule has 0 saturated carbocycles. The van der Waals surface area contributed by atoms with Crippen molar-refractivity contribution in [3.8, 4) is 5.75 Å². The zero-order chi connectivity index (χ0) is 18.7. The maximum absolute atomic E-state index is 13.1. The fourth-order valence-electron chi connectivity index (χ4n) is 2.74. The molecule has 1 unspecified atom stereocenters. The van der Waals surface area contributed by atoms with Crippen LogP contribution in [0.1, 0.15) is 63.0 Å². The van der Waals surface area contributed by atoms with Crippen LogP contribution < -0.4 is 15.4 Å². The molecule has 0 saturated heterocycles. The minimum Gasteiger partial charge on any atom is -0.496 e. The molecule has 1 aromatic rings. The van der Waals surface area contributed by atoms with Crippen LogP contribution >= 0.6 is 0 Å². The molecule has 0 radical (unpaired) electrons. The molecule has 0 heterocycles. The lowest BCUT2D eigenvalue weighted by molar-refractivity contribution is 0.0944. The Morgan fingerprint density at radius 3 is 2.04 bits per heavy atom. The Bertz CT molecular complexity index is 581. The van der Waals surface area contributed by atoms with E-state index in [4.69, 9.17) is 4.74 Å². The molecule has 1 atom stereocenters. The van der Waals surface area contributed by atoms with Crippen LogP contribution in [0.15, 0.2) is 12.1 Å². The van der Waals surface area contributed by atoms with E-state index in [2.05, 4.69) is 58.2 Å². The largest absolute Gasteiger partial charge is 0.496 e. The molecule has 0 fully saturated rings. The summed E-state index contributed by atoms with van der Waals surface area (Å²) in [5, 5.41) is 6.17. The van der Waals surface area contributed by atoms with E-state index in [9.17, 15) is 4.79 Å². The quantitative estimate of drug-likeness (QED) is 0.784. The van der Waals surface area contributed by atoms with Crippen molar-refractivity contribution in [1.82, 2.24) is 10.6 Å². The number of carbonyl (C=O) groups excluding carboxylic acids is 1. The smallest absolute Gasteiger partial charge is 0.184 e. The lowest BCUT2D eigenvalue weighted by Crippen LogP contribution is -2.42. The molecule has 0 spiro atoms. The van der Waals surface area contributed by atoms with Crippen LogP contribution in [-0.2, 0) is 10.8 Å². The molecular formula is C20H34N2O2. The second kappa shape index (κ2) is 7.66. The summed E-state index contributed by atoms with van der Waals surface area (Å²) >= 11 is 0. The van der Waals surface area contributed by atoms with Crippen molar-refractivity contribution < 1.29 is 9.53 Å². The summed E-state index contributed by atoms with van der Waals surface area (Å²) in [7, 11) is 5.30. The highest BCUT2D eigenvalue weighted by molar-refractivity contribution is 6.03. The second-order valence-corrected chi connectivity index (χ2v) is 8.37. The third-order valence-corrected chi connectivity index (χ3v) is 4.31. The van der Waals surface area contributed by atoms with E-state index in [1.807, 2.05) is 20.2 Å². The molecule has 136 valence electrons. The molecule has 24 heavy (non-hydrogen) atoms. The second-order valence-electron chi connectivity index (χ2n) is 8.37. The van der Waals surface area contributed by atoms with Gasteiger partial charge in [0, 0.05) is 12.1 Å². The number of benzene rings is 1. The standard InChI is InChI=1S/C20H34N2O2/c1-19(2,3)13-10-14(17(23)16(22-8)12-21-7)18(24-9)15(11-13)20(4,5)6/h10-11,16,21-22H,12H2,1-9H3. The van der Waals surface area contributed by atoms with Gasteiger partial charge in [-0.05, 0) is 36.6 Å². The summed E-state index contributed by atoms with van der Waals surface area (Å²) in [5.41, 5.74) is 2.72. The molecule has 0 aliphatic carbocycles. The van der Waals surface area contributed by atoms with Crippen LogP contribution in [0.5, 0.6) is 5.75 Å².